The lowest BCUT2D eigenvalue weighted by atomic mass is 10.1. The smallest absolute Gasteiger partial charge is 0.312 e. The third-order valence-corrected chi connectivity index (χ3v) is 2.86. The minimum absolute atomic E-state index is 0.143. The van der Waals surface area contributed by atoms with Gasteiger partial charge in [0.25, 0.3) is 0 Å². The zero-order valence-corrected chi connectivity index (χ0v) is 11.2. The van der Waals surface area contributed by atoms with Crippen LogP contribution in [0, 0.1) is 0 Å². The predicted molar refractivity (Wildman–Crippen MR) is 76.4 cm³/mol. The molecule has 0 radical (unpaired) electrons. The molecular weight excluding hydrogens is 254 g/mol. The van der Waals surface area contributed by atoms with Crippen molar-refractivity contribution in [2.24, 2.45) is 5.16 Å². The van der Waals surface area contributed by atoms with Crippen molar-refractivity contribution in [1.82, 2.24) is 0 Å². The average molecular weight is 269 g/mol. The number of Topliss-reactive ketones (excluding diaryl/α,β-unsaturated/α-hetero) is 1. The first kappa shape index (κ1) is 13.9. The Kier molecular flexibility index (Phi) is 4.60. The quantitative estimate of drug-likeness (QED) is 0.365. The Bertz CT molecular complexity index is 597. The van der Waals surface area contributed by atoms with Crippen LogP contribution in [0.15, 0.2) is 59.3 Å². The molecule has 0 amide bonds. The van der Waals surface area contributed by atoms with Gasteiger partial charge in [0, 0.05) is 5.56 Å². The summed E-state index contributed by atoms with van der Waals surface area (Å²) < 4.78 is 0. The molecule has 1 aliphatic carbocycles. The molecule has 0 bridgehead atoms. The summed E-state index contributed by atoms with van der Waals surface area (Å²) in [7, 11) is 0. The summed E-state index contributed by atoms with van der Waals surface area (Å²) >= 11 is 0. The lowest BCUT2D eigenvalue weighted by Gasteiger charge is -2.04. The molecule has 0 unspecified atom stereocenters. The largest absolute Gasteiger partial charge is 0.365 e. The van der Waals surface area contributed by atoms with Crippen molar-refractivity contribution in [3.05, 3.63) is 59.7 Å². The number of nitrogens with zero attached hydrogens (tertiary/aromatic N) is 1. The Hall–Kier alpha value is -2.49. The minimum Gasteiger partial charge on any atom is -0.312 e. The van der Waals surface area contributed by atoms with E-state index in [1.807, 2.05) is 12.1 Å². The van der Waals surface area contributed by atoms with Crippen LogP contribution in [-0.2, 0) is 9.63 Å². The summed E-state index contributed by atoms with van der Waals surface area (Å²) in [4.78, 5) is 28.5. The van der Waals surface area contributed by atoms with E-state index in [1.54, 1.807) is 36.4 Å². The summed E-state index contributed by atoms with van der Waals surface area (Å²) in [5.74, 6) is -0.798. The van der Waals surface area contributed by atoms with Gasteiger partial charge in [-0.1, -0.05) is 53.7 Å². The Labute approximate surface area is 117 Å². The Morgan fingerprint density at radius 2 is 1.90 bits per heavy atom. The van der Waals surface area contributed by atoms with Crippen LogP contribution in [0.25, 0.3) is 0 Å². The number of hydrogen-bond acceptors (Lipinski definition) is 4. The summed E-state index contributed by atoms with van der Waals surface area (Å²) in [6.45, 7) is 1.52. The van der Waals surface area contributed by atoms with Gasteiger partial charge in [0.1, 0.15) is 5.71 Å². The van der Waals surface area contributed by atoms with Gasteiger partial charge >= 0.3 is 5.97 Å². The Morgan fingerprint density at radius 1 is 1.15 bits per heavy atom. The van der Waals surface area contributed by atoms with Crippen molar-refractivity contribution < 1.29 is 14.4 Å². The number of hydrogen-bond donors (Lipinski definition) is 0. The van der Waals surface area contributed by atoms with Crippen LogP contribution < -0.4 is 0 Å². The molecule has 0 spiro atoms. The fraction of sp³-hybridized carbons (Fsp3) is 0.188. The second-order valence-corrected chi connectivity index (χ2v) is 4.39. The van der Waals surface area contributed by atoms with Gasteiger partial charge in [0.2, 0.25) is 5.78 Å². The lowest BCUT2D eigenvalue weighted by molar-refractivity contribution is -0.138. The summed E-state index contributed by atoms with van der Waals surface area (Å²) in [6, 6.07) is 8.74. The number of benzene rings is 1. The molecule has 20 heavy (non-hydrogen) atoms. The van der Waals surface area contributed by atoms with Crippen LogP contribution in [-0.4, -0.2) is 17.5 Å². The molecule has 4 heteroatoms. The maximum absolute atomic E-state index is 12.0. The molecule has 0 aromatic heterocycles. The molecule has 2 rings (SSSR count). The standard InChI is InChI=1S/C16H15NO3/c1-12(15(18)13-8-4-2-5-9-13)17-20-16(19)14-10-6-3-7-11-14/h2,4-6,8-11H,3,7H2,1H3/b17-12+. The van der Waals surface area contributed by atoms with Crippen LogP contribution in [0.3, 0.4) is 0 Å². The third kappa shape index (κ3) is 3.51. The van der Waals surface area contributed by atoms with Crippen molar-refractivity contribution in [2.75, 3.05) is 0 Å². The topological polar surface area (TPSA) is 55.7 Å². The molecule has 0 N–H and O–H groups in total. The number of rotatable bonds is 4. The van der Waals surface area contributed by atoms with Crippen molar-refractivity contribution in [2.45, 2.75) is 19.8 Å². The van der Waals surface area contributed by atoms with E-state index in [9.17, 15) is 9.59 Å². The molecule has 0 heterocycles. The van der Waals surface area contributed by atoms with Crippen molar-refractivity contribution in [3.63, 3.8) is 0 Å². The van der Waals surface area contributed by atoms with Gasteiger partial charge in [-0.15, -0.1) is 0 Å². The van der Waals surface area contributed by atoms with E-state index in [1.165, 1.54) is 6.92 Å². The summed E-state index contributed by atoms with van der Waals surface area (Å²) in [5.41, 5.74) is 1.13. The molecule has 0 aliphatic heterocycles. The number of oxime groups is 1. The van der Waals surface area contributed by atoms with Crippen molar-refractivity contribution in [3.8, 4) is 0 Å². The summed E-state index contributed by atoms with van der Waals surface area (Å²) in [6.07, 6.45) is 7.14. The highest BCUT2D eigenvalue weighted by Crippen LogP contribution is 2.11. The van der Waals surface area contributed by atoms with Gasteiger partial charge in [-0.2, -0.15) is 0 Å². The third-order valence-electron chi connectivity index (χ3n) is 2.86. The van der Waals surface area contributed by atoms with E-state index in [4.69, 9.17) is 4.84 Å². The second kappa shape index (κ2) is 6.61. The zero-order valence-electron chi connectivity index (χ0n) is 11.2. The first-order valence-electron chi connectivity index (χ1n) is 6.41. The zero-order chi connectivity index (χ0) is 14.4. The molecule has 1 aromatic rings. The fourth-order valence-corrected chi connectivity index (χ4v) is 1.77. The van der Waals surface area contributed by atoms with Gasteiger partial charge in [-0.05, 0) is 19.8 Å². The predicted octanol–water partition coefficient (Wildman–Crippen LogP) is 3.06. The van der Waals surface area contributed by atoms with Crippen molar-refractivity contribution >= 4 is 17.5 Å². The van der Waals surface area contributed by atoms with Gasteiger partial charge in [0.15, 0.2) is 0 Å². The van der Waals surface area contributed by atoms with E-state index >= 15 is 0 Å². The van der Waals surface area contributed by atoms with E-state index < -0.39 is 5.97 Å². The van der Waals surface area contributed by atoms with Crippen LogP contribution >= 0.6 is 0 Å². The Balaban J connectivity index is 2.01. The molecule has 4 nitrogen and oxygen atoms in total. The molecule has 1 aliphatic rings. The Morgan fingerprint density at radius 3 is 2.55 bits per heavy atom. The maximum Gasteiger partial charge on any atom is 0.365 e. The average Bonchev–Trinajstić information content (AvgIpc) is 2.53. The molecule has 102 valence electrons. The monoisotopic (exact) mass is 269 g/mol. The van der Waals surface area contributed by atoms with E-state index in [-0.39, 0.29) is 11.5 Å². The van der Waals surface area contributed by atoms with Gasteiger partial charge in [0.05, 0.1) is 5.57 Å². The van der Waals surface area contributed by atoms with E-state index in [0.29, 0.717) is 11.1 Å². The van der Waals surface area contributed by atoms with Gasteiger partial charge in [-0.25, -0.2) is 4.79 Å². The number of allylic oxidation sites excluding steroid dienone is 2. The van der Waals surface area contributed by atoms with Crippen molar-refractivity contribution in [1.29, 1.82) is 0 Å². The molecule has 1 aromatic carbocycles. The van der Waals surface area contributed by atoms with Gasteiger partial charge in [-0.3, -0.25) is 4.79 Å². The first-order valence-corrected chi connectivity index (χ1v) is 6.41. The molecule has 0 fully saturated rings. The molecular formula is C16H15NO3. The highest BCUT2D eigenvalue weighted by atomic mass is 16.7. The maximum atomic E-state index is 12.0. The van der Waals surface area contributed by atoms with Crippen LogP contribution in [0.2, 0.25) is 0 Å². The highest BCUT2D eigenvalue weighted by molar-refractivity contribution is 6.45. The molecule has 0 saturated heterocycles. The van der Waals surface area contributed by atoms with Crippen LogP contribution in [0.1, 0.15) is 30.1 Å². The number of carbonyl (C=O) groups excluding carboxylic acids is 2. The number of ketones is 1. The fourth-order valence-electron chi connectivity index (χ4n) is 1.77. The normalized spacial score (nSPS) is 14.7. The highest BCUT2D eigenvalue weighted by Gasteiger charge is 2.13. The second-order valence-electron chi connectivity index (χ2n) is 4.39. The summed E-state index contributed by atoms with van der Waals surface area (Å²) in [5, 5.41) is 3.62. The van der Waals surface area contributed by atoms with Crippen LogP contribution in [0.5, 0.6) is 0 Å². The van der Waals surface area contributed by atoms with E-state index in [2.05, 4.69) is 5.16 Å². The molecule has 0 atom stereocenters. The van der Waals surface area contributed by atoms with Gasteiger partial charge < -0.3 is 4.84 Å². The lowest BCUT2D eigenvalue weighted by Crippen LogP contribution is -2.13. The molecule has 0 saturated carbocycles. The minimum atomic E-state index is -0.541. The SMILES string of the molecule is C/C(=N\OC(=O)C1=CCCC=C1)C(=O)c1ccccc1. The number of carbonyl (C=O) groups is 2. The van der Waals surface area contributed by atoms with Crippen LogP contribution in [0.4, 0.5) is 0 Å². The first-order chi connectivity index (χ1) is 9.68. The van der Waals surface area contributed by atoms with E-state index in [0.717, 1.165) is 12.8 Å².